The average molecular weight is 378 g/mol. The van der Waals surface area contributed by atoms with Crippen molar-refractivity contribution in [1.82, 2.24) is 14.8 Å². The Morgan fingerprint density at radius 1 is 1.11 bits per heavy atom. The van der Waals surface area contributed by atoms with E-state index in [1.165, 1.54) is 0 Å². The first-order chi connectivity index (χ1) is 13.3. The summed E-state index contributed by atoms with van der Waals surface area (Å²) in [5.41, 5.74) is 3.63. The van der Waals surface area contributed by atoms with Crippen LogP contribution in [0.4, 0.5) is 5.69 Å². The molecule has 0 aliphatic carbocycles. The van der Waals surface area contributed by atoms with Crippen molar-refractivity contribution in [1.29, 1.82) is 0 Å². The molecule has 0 fully saturated rings. The number of aromatic nitrogens is 3. The minimum atomic E-state index is -0.0518. The van der Waals surface area contributed by atoms with Gasteiger partial charge in [-0.2, -0.15) is 4.98 Å². The molecule has 0 saturated heterocycles. The van der Waals surface area contributed by atoms with E-state index in [2.05, 4.69) is 15.4 Å². The van der Waals surface area contributed by atoms with E-state index in [9.17, 15) is 4.79 Å². The summed E-state index contributed by atoms with van der Waals surface area (Å²) in [5, 5.41) is 7.39. The van der Waals surface area contributed by atoms with E-state index < -0.39 is 0 Å². The van der Waals surface area contributed by atoms with Crippen LogP contribution in [-0.2, 0) is 4.79 Å². The Morgan fingerprint density at radius 3 is 2.39 bits per heavy atom. The van der Waals surface area contributed by atoms with Gasteiger partial charge in [0.25, 0.3) is 0 Å². The first-order valence-electron chi connectivity index (χ1n) is 9.24. The Kier molecular flexibility index (Phi) is 5.49. The number of hydrogen-bond acceptors (Lipinski definition) is 4. The normalized spacial score (nSPS) is 11.3. The number of carbonyl (C=O) groups is 1. The predicted octanol–water partition coefficient (Wildman–Crippen LogP) is 4.63. The van der Waals surface area contributed by atoms with Crippen molar-refractivity contribution in [2.45, 2.75) is 34.1 Å². The summed E-state index contributed by atoms with van der Waals surface area (Å²) in [6.07, 6.45) is 0.465. The van der Waals surface area contributed by atoms with Crippen molar-refractivity contribution in [2.75, 3.05) is 12.4 Å². The van der Waals surface area contributed by atoms with Crippen molar-refractivity contribution in [3.8, 4) is 23.1 Å². The van der Waals surface area contributed by atoms with Crippen molar-refractivity contribution >= 4 is 11.6 Å². The topological polar surface area (TPSA) is 69.0 Å². The SMILES string of the molecule is COc1nc(-c2ccccc2C)n(-c2ccc(NC(=O)CC(C)(C)C)cc2)n1. The van der Waals surface area contributed by atoms with Crippen molar-refractivity contribution in [3.63, 3.8) is 0 Å². The third kappa shape index (κ3) is 4.57. The Bertz CT molecular complexity index is 969. The van der Waals surface area contributed by atoms with Gasteiger partial charge < -0.3 is 10.1 Å². The fraction of sp³-hybridized carbons (Fsp3) is 0.318. The van der Waals surface area contributed by atoms with Gasteiger partial charge >= 0.3 is 6.01 Å². The number of benzene rings is 2. The Labute approximate surface area is 165 Å². The van der Waals surface area contributed by atoms with Gasteiger partial charge in [-0.15, -0.1) is 5.10 Å². The van der Waals surface area contributed by atoms with Crippen molar-refractivity contribution < 1.29 is 9.53 Å². The minimum absolute atomic E-state index is 0.00303. The Balaban J connectivity index is 1.89. The first kappa shape index (κ1) is 19.6. The van der Waals surface area contributed by atoms with Crippen LogP contribution in [0.25, 0.3) is 17.1 Å². The summed E-state index contributed by atoms with van der Waals surface area (Å²) in [4.78, 5) is 16.7. The molecule has 0 bridgehead atoms. The Hall–Kier alpha value is -3.15. The van der Waals surface area contributed by atoms with E-state index in [1.54, 1.807) is 11.8 Å². The van der Waals surface area contributed by atoms with Gasteiger partial charge in [0.2, 0.25) is 5.91 Å². The van der Waals surface area contributed by atoms with Crippen LogP contribution in [0.1, 0.15) is 32.8 Å². The number of nitrogens with one attached hydrogen (secondary N) is 1. The molecule has 6 nitrogen and oxygen atoms in total. The summed E-state index contributed by atoms with van der Waals surface area (Å²) < 4.78 is 6.99. The molecular weight excluding hydrogens is 352 g/mol. The highest BCUT2D eigenvalue weighted by Crippen LogP contribution is 2.27. The highest BCUT2D eigenvalue weighted by Gasteiger charge is 2.17. The molecule has 0 unspecified atom stereocenters. The quantitative estimate of drug-likeness (QED) is 0.703. The second kappa shape index (κ2) is 7.84. The minimum Gasteiger partial charge on any atom is -0.466 e. The number of nitrogens with zero attached hydrogens (tertiary/aromatic N) is 3. The lowest BCUT2D eigenvalue weighted by molar-refractivity contribution is -0.117. The molecule has 0 saturated carbocycles. The molecule has 2 aromatic carbocycles. The number of rotatable bonds is 5. The zero-order valence-electron chi connectivity index (χ0n) is 17.0. The summed E-state index contributed by atoms with van der Waals surface area (Å²) in [6, 6.07) is 15.9. The van der Waals surface area contributed by atoms with Crippen LogP contribution < -0.4 is 10.1 Å². The largest absolute Gasteiger partial charge is 0.466 e. The second-order valence-electron chi connectivity index (χ2n) is 7.98. The van der Waals surface area contributed by atoms with Gasteiger partial charge in [-0.25, -0.2) is 4.68 Å². The van der Waals surface area contributed by atoms with Gasteiger partial charge in [-0.1, -0.05) is 45.0 Å². The van der Waals surface area contributed by atoms with Gasteiger partial charge in [0, 0.05) is 17.7 Å². The van der Waals surface area contributed by atoms with Gasteiger partial charge in [-0.3, -0.25) is 4.79 Å². The van der Waals surface area contributed by atoms with E-state index in [-0.39, 0.29) is 11.3 Å². The maximum atomic E-state index is 12.1. The zero-order valence-corrected chi connectivity index (χ0v) is 17.0. The number of hydrogen-bond donors (Lipinski definition) is 1. The summed E-state index contributed by atoms with van der Waals surface area (Å²) in [6.45, 7) is 8.16. The molecule has 1 amide bonds. The molecule has 0 atom stereocenters. The molecule has 3 aromatic rings. The van der Waals surface area contributed by atoms with E-state index in [1.807, 2.05) is 76.2 Å². The monoisotopic (exact) mass is 378 g/mol. The molecule has 1 aromatic heterocycles. The van der Waals surface area contributed by atoms with Crippen LogP contribution in [-0.4, -0.2) is 27.8 Å². The molecule has 3 rings (SSSR count). The molecule has 6 heteroatoms. The van der Waals surface area contributed by atoms with Gasteiger partial charge in [0.15, 0.2) is 5.82 Å². The fourth-order valence-electron chi connectivity index (χ4n) is 2.93. The predicted molar refractivity (Wildman–Crippen MR) is 111 cm³/mol. The van der Waals surface area contributed by atoms with Crippen LogP contribution in [0.5, 0.6) is 6.01 Å². The van der Waals surface area contributed by atoms with E-state index in [4.69, 9.17) is 4.74 Å². The fourth-order valence-corrected chi connectivity index (χ4v) is 2.93. The van der Waals surface area contributed by atoms with Gasteiger partial charge in [0.05, 0.1) is 12.8 Å². The van der Waals surface area contributed by atoms with Crippen LogP contribution >= 0.6 is 0 Å². The molecule has 1 N–H and O–H groups in total. The smallest absolute Gasteiger partial charge is 0.336 e. The van der Waals surface area contributed by atoms with Crippen molar-refractivity contribution in [3.05, 3.63) is 54.1 Å². The third-order valence-electron chi connectivity index (χ3n) is 4.24. The van der Waals surface area contributed by atoms with Gasteiger partial charge in [0.1, 0.15) is 0 Å². The average Bonchev–Trinajstić information content (AvgIpc) is 3.05. The lowest BCUT2D eigenvalue weighted by Gasteiger charge is -2.17. The maximum Gasteiger partial charge on any atom is 0.336 e. The highest BCUT2D eigenvalue weighted by atomic mass is 16.5. The first-order valence-corrected chi connectivity index (χ1v) is 9.24. The summed E-state index contributed by atoms with van der Waals surface area (Å²) in [7, 11) is 1.55. The zero-order chi connectivity index (χ0) is 20.3. The van der Waals surface area contributed by atoms with Crippen LogP contribution in [0.3, 0.4) is 0 Å². The van der Waals surface area contributed by atoms with Crippen LogP contribution in [0, 0.1) is 12.3 Å². The molecule has 1 heterocycles. The molecule has 0 spiro atoms. The standard InChI is InChI=1S/C22H26N4O2/c1-15-8-6-7-9-18(15)20-24-21(28-5)25-26(20)17-12-10-16(11-13-17)23-19(27)14-22(2,3)4/h6-13H,14H2,1-5H3,(H,23,27). The highest BCUT2D eigenvalue weighted by molar-refractivity contribution is 5.91. The molecule has 28 heavy (non-hydrogen) atoms. The molecular formula is C22H26N4O2. The molecule has 0 aliphatic heterocycles. The third-order valence-corrected chi connectivity index (χ3v) is 4.24. The lowest BCUT2D eigenvalue weighted by atomic mass is 9.92. The van der Waals surface area contributed by atoms with E-state index in [0.29, 0.717) is 18.3 Å². The lowest BCUT2D eigenvalue weighted by Crippen LogP contribution is -2.19. The van der Waals surface area contributed by atoms with E-state index in [0.717, 1.165) is 22.5 Å². The number of ether oxygens (including phenoxy) is 1. The Morgan fingerprint density at radius 2 is 1.79 bits per heavy atom. The van der Waals surface area contributed by atoms with Crippen LogP contribution in [0.15, 0.2) is 48.5 Å². The number of carbonyl (C=O) groups excluding carboxylic acids is 1. The maximum absolute atomic E-state index is 12.1. The number of anilines is 1. The summed E-state index contributed by atoms with van der Waals surface area (Å²) in [5.74, 6) is 0.711. The number of amides is 1. The number of aryl methyl sites for hydroxylation is 1. The molecule has 0 radical (unpaired) electrons. The summed E-state index contributed by atoms with van der Waals surface area (Å²) >= 11 is 0. The molecule has 146 valence electrons. The van der Waals surface area contributed by atoms with Gasteiger partial charge in [-0.05, 0) is 42.2 Å². The van der Waals surface area contributed by atoms with Crippen LogP contribution in [0.2, 0.25) is 0 Å². The number of methoxy groups -OCH3 is 1. The van der Waals surface area contributed by atoms with E-state index >= 15 is 0 Å². The second-order valence-corrected chi connectivity index (χ2v) is 7.98. The van der Waals surface area contributed by atoms with Crippen molar-refractivity contribution in [2.24, 2.45) is 5.41 Å². The molecule has 0 aliphatic rings.